The SMILES string of the molecule is CCC[Si]1(O[SiH](C)C)OC(C)(C)C[Si](C)(C)[SiH2]1. The first kappa shape index (κ1) is 15.8. The van der Waals surface area contributed by atoms with Crippen LogP contribution in [0, 0.1) is 0 Å². The molecule has 0 amide bonds. The molecule has 1 rings (SSSR count). The van der Waals surface area contributed by atoms with E-state index < -0.39 is 24.7 Å². The lowest BCUT2D eigenvalue weighted by Crippen LogP contribution is -2.68. The minimum absolute atomic E-state index is 0.0889. The summed E-state index contributed by atoms with van der Waals surface area (Å²) in [7, 11) is -3.82. The van der Waals surface area contributed by atoms with Gasteiger partial charge in [-0.2, -0.15) is 0 Å². The van der Waals surface area contributed by atoms with Crippen molar-refractivity contribution < 1.29 is 8.54 Å². The Morgan fingerprint density at radius 3 is 2.35 bits per heavy atom. The van der Waals surface area contributed by atoms with Crippen molar-refractivity contribution in [1.82, 2.24) is 0 Å². The fourth-order valence-electron chi connectivity index (χ4n) is 3.59. The molecular weight excluding hydrogens is 276 g/mol. The van der Waals surface area contributed by atoms with Gasteiger partial charge in [0.1, 0.15) is 0 Å². The van der Waals surface area contributed by atoms with Gasteiger partial charge < -0.3 is 8.54 Å². The van der Waals surface area contributed by atoms with Crippen molar-refractivity contribution in [3.8, 4) is 0 Å². The molecule has 0 spiro atoms. The van der Waals surface area contributed by atoms with E-state index in [4.69, 9.17) is 8.54 Å². The average molecular weight is 307 g/mol. The fraction of sp³-hybridized carbons (Fsp3) is 1.00. The molecule has 1 unspecified atom stereocenters. The van der Waals surface area contributed by atoms with E-state index in [1.54, 1.807) is 0 Å². The van der Waals surface area contributed by atoms with Gasteiger partial charge in [-0.3, -0.25) is 0 Å². The molecular formula is C11H30O2Si4. The molecule has 0 aromatic heterocycles. The van der Waals surface area contributed by atoms with Crippen LogP contribution in [0.1, 0.15) is 27.2 Å². The molecule has 17 heavy (non-hydrogen) atoms. The van der Waals surface area contributed by atoms with E-state index in [0.717, 1.165) is 0 Å². The van der Waals surface area contributed by atoms with Crippen LogP contribution < -0.4 is 0 Å². The van der Waals surface area contributed by atoms with E-state index in [0.29, 0.717) is 0 Å². The summed E-state index contributed by atoms with van der Waals surface area (Å²) in [4.78, 5) is 0. The molecule has 0 saturated carbocycles. The highest BCUT2D eigenvalue weighted by atomic mass is 29.6. The van der Waals surface area contributed by atoms with Crippen LogP contribution in [0.4, 0.5) is 0 Å². The third-order valence-electron chi connectivity index (χ3n) is 3.20. The van der Waals surface area contributed by atoms with Gasteiger partial charge in [-0.15, -0.1) is 0 Å². The maximum atomic E-state index is 6.60. The van der Waals surface area contributed by atoms with Gasteiger partial charge in [0.15, 0.2) is 9.04 Å². The van der Waals surface area contributed by atoms with Crippen LogP contribution in [0.15, 0.2) is 0 Å². The van der Waals surface area contributed by atoms with Gasteiger partial charge in [0, 0.05) is 7.59 Å². The molecule has 0 aliphatic carbocycles. The summed E-state index contributed by atoms with van der Waals surface area (Å²) in [5.74, 6) is 0. The molecule has 1 heterocycles. The predicted octanol–water partition coefficient (Wildman–Crippen LogP) is 2.52. The van der Waals surface area contributed by atoms with Gasteiger partial charge in [0.25, 0.3) is 8.08 Å². The van der Waals surface area contributed by atoms with Crippen molar-refractivity contribution in [2.24, 2.45) is 0 Å². The zero-order valence-electron chi connectivity index (χ0n) is 12.7. The Balaban J connectivity index is 2.94. The van der Waals surface area contributed by atoms with Gasteiger partial charge in [-0.1, -0.05) is 26.4 Å². The molecule has 1 aliphatic rings. The normalized spacial score (nSPS) is 33.2. The number of rotatable bonds is 4. The Morgan fingerprint density at radius 2 is 1.94 bits per heavy atom. The number of hydrogen-bond acceptors (Lipinski definition) is 2. The second-order valence-electron chi connectivity index (χ2n) is 7.21. The summed E-state index contributed by atoms with van der Waals surface area (Å²) < 4.78 is 13.1. The minimum atomic E-state index is -1.75. The molecule has 1 aliphatic heterocycles. The highest BCUT2D eigenvalue weighted by molar-refractivity contribution is 7.51. The third-order valence-corrected chi connectivity index (χ3v) is 34.0. The lowest BCUT2D eigenvalue weighted by atomic mass is 10.2. The molecule has 0 aromatic rings. The molecule has 0 radical (unpaired) electrons. The van der Waals surface area contributed by atoms with Crippen LogP contribution in [0.2, 0.25) is 38.3 Å². The largest absolute Gasteiger partial charge is 0.442 e. The molecule has 6 heteroatoms. The van der Waals surface area contributed by atoms with Crippen LogP contribution in [0.3, 0.4) is 0 Å². The molecule has 2 nitrogen and oxygen atoms in total. The van der Waals surface area contributed by atoms with E-state index in [1.807, 2.05) is 0 Å². The second-order valence-corrected chi connectivity index (χ2v) is 31.0. The summed E-state index contributed by atoms with van der Waals surface area (Å²) >= 11 is 0. The van der Waals surface area contributed by atoms with Crippen LogP contribution in [-0.2, 0) is 8.54 Å². The van der Waals surface area contributed by atoms with E-state index >= 15 is 0 Å². The first-order valence-electron chi connectivity index (χ1n) is 6.98. The van der Waals surface area contributed by atoms with E-state index in [9.17, 15) is 0 Å². The van der Waals surface area contributed by atoms with Crippen molar-refractivity contribution in [2.45, 2.75) is 71.1 Å². The fourth-order valence-corrected chi connectivity index (χ4v) is 46.4. The van der Waals surface area contributed by atoms with E-state index in [1.165, 1.54) is 18.5 Å². The van der Waals surface area contributed by atoms with Crippen LogP contribution >= 0.6 is 0 Å². The molecule has 0 N–H and O–H groups in total. The van der Waals surface area contributed by atoms with Crippen molar-refractivity contribution >= 4 is 33.3 Å². The monoisotopic (exact) mass is 306 g/mol. The van der Waals surface area contributed by atoms with Crippen LogP contribution in [0.25, 0.3) is 0 Å². The first-order valence-corrected chi connectivity index (χ1v) is 19.6. The summed E-state index contributed by atoms with van der Waals surface area (Å²) in [5, 5.41) is 0. The van der Waals surface area contributed by atoms with E-state index in [-0.39, 0.29) is 14.2 Å². The Labute approximate surface area is 113 Å². The zero-order chi connectivity index (χ0) is 13.3. The molecule has 0 bridgehead atoms. The standard InChI is InChI=1S/C11H30O2Si4/c1-8-9-17(13-15(4)5)12-11(2,3)10-16(6,7)14-17/h15H,8-10,14H2,1-7H3. The quantitative estimate of drug-likeness (QED) is 0.743. The molecule has 1 saturated heterocycles. The van der Waals surface area contributed by atoms with Crippen molar-refractivity contribution in [3.05, 3.63) is 0 Å². The van der Waals surface area contributed by atoms with Gasteiger partial charge in [-0.25, -0.2) is 0 Å². The Hall–Kier alpha value is 0.788. The first-order chi connectivity index (χ1) is 7.60. The molecule has 102 valence electrons. The summed E-state index contributed by atoms with van der Waals surface area (Å²) in [5.41, 5.74) is 0.0889. The molecule has 1 atom stereocenters. The van der Waals surface area contributed by atoms with Crippen LogP contribution in [-0.4, -0.2) is 38.9 Å². The van der Waals surface area contributed by atoms with Crippen LogP contribution in [0.5, 0.6) is 0 Å². The van der Waals surface area contributed by atoms with Crippen molar-refractivity contribution in [2.75, 3.05) is 0 Å². The predicted molar refractivity (Wildman–Crippen MR) is 86.8 cm³/mol. The summed E-state index contributed by atoms with van der Waals surface area (Å²) in [6.45, 7) is 16.6. The van der Waals surface area contributed by atoms with Gasteiger partial charge >= 0.3 is 0 Å². The third kappa shape index (κ3) is 4.75. The maximum absolute atomic E-state index is 6.60. The molecule has 0 aromatic carbocycles. The van der Waals surface area contributed by atoms with E-state index in [2.05, 4.69) is 47.0 Å². The zero-order valence-corrected chi connectivity index (χ0v) is 17.3. The highest BCUT2D eigenvalue weighted by Crippen LogP contribution is 2.36. The summed E-state index contributed by atoms with van der Waals surface area (Å²) in [6.07, 6.45) is 1.24. The lowest BCUT2D eigenvalue weighted by molar-refractivity contribution is 0.0938. The van der Waals surface area contributed by atoms with Gasteiger partial charge in [0.2, 0.25) is 0 Å². The second kappa shape index (κ2) is 5.42. The summed E-state index contributed by atoms with van der Waals surface area (Å²) in [6, 6.07) is 2.60. The highest BCUT2D eigenvalue weighted by Gasteiger charge is 2.52. The average Bonchev–Trinajstić information content (AvgIpc) is 1.93. The van der Waals surface area contributed by atoms with Crippen molar-refractivity contribution in [3.63, 3.8) is 0 Å². The Kier molecular flexibility index (Phi) is 5.05. The Bertz CT molecular complexity index is 250. The Morgan fingerprint density at radius 1 is 1.35 bits per heavy atom. The van der Waals surface area contributed by atoms with Gasteiger partial charge in [0.05, 0.1) is 14.2 Å². The topological polar surface area (TPSA) is 18.5 Å². The molecule has 1 fully saturated rings. The lowest BCUT2D eigenvalue weighted by Gasteiger charge is -2.50. The smallest absolute Gasteiger partial charge is 0.296 e. The maximum Gasteiger partial charge on any atom is 0.296 e. The minimum Gasteiger partial charge on any atom is -0.442 e. The van der Waals surface area contributed by atoms with Gasteiger partial charge in [-0.05, 0) is 39.0 Å². The number of hydrogen-bond donors (Lipinski definition) is 0. The van der Waals surface area contributed by atoms with Crippen molar-refractivity contribution in [1.29, 1.82) is 0 Å².